The summed E-state index contributed by atoms with van der Waals surface area (Å²) in [5, 5.41) is 15.5. The van der Waals surface area contributed by atoms with Gasteiger partial charge in [-0.2, -0.15) is 0 Å². The maximum atomic E-state index is 14.0. The number of unbranched alkanes of at least 4 members (excludes halogenated alkanes) is 3. The monoisotopic (exact) mass is 597 g/mol. The number of ether oxygens (including phenoxy) is 1. The van der Waals surface area contributed by atoms with Crippen LogP contribution in [0, 0.1) is 5.41 Å². The first-order chi connectivity index (χ1) is 20.2. The van der Waals surface area contributed by atoms with Gasteiger partial charge in [0, 0.05) is 63.1 Å². The highest BCUT2D eigenvalue weighted by atomic mass is 32.2. The SMILES string of the molecule is CCCCC1(CCCC)CS(=O)(=O)c2ccc(N(C)C)cc2[C@@H](c2ccc(OCCCCN3C=CNCC3)cc2)[C@H]1O. The normalized spacial score (nSPS) is 20.8. The zero-order valence-corrected chi connectivity index (χ0v) is 26.8. The third kappa shape index (κ3) is 7.62. The van der Waals surface area contributed by atoms with Crippen LogP contribution in [0.1, 0.15) is 82.3 Å². The molecule has 0 saturated heterocycles. The summed E-state index contributed by atoms with van der Waals surface area (Å²) in [5.41, 5.74) is 1.83. The maximum absolute atomic E-state index is 14.0. The Morgan fingerprint density at radius 1 is 1.02 bits per heavy atom. The van der Waals surface area contributed by atoms with Crippen molar-refractivity contribution in [3.63, 3.8) is 0 Å². The molecule has 2 aliphatic heterocycles. The number of aliphatic hydroxyl groups excluding tert-OH is 1. The third-order valence-electron chi connectivity index (χ3n) is 8.95. The van der Waals surface area contributed by atoms with Crippen molar-refractivity contribution >= 4 is 15.5 Å². The summed E-state index contributed by atoms with van der Waals surface area (Å²) in [6.07, 6.45) is 10.4. The molecule has 0 unspecified atom stereocenters. The van der Waals surface area contributed by atoms with Gasteiger partial charge >= 0.3 is 0 Å². The van der Waals surface area contributed by atoms with Gasteiger partial charge in [0.1, 0.15) is 5.75 Å². The summed E-state index contributed by atoms with van der Waals surface area (Å²) in [6, 6.07) is 13.6. The van der Waals surface area contributed by atoms with Gasteiger partial charge in [-0.25, -0.2) is 8.42 Å². The Hall–Kier alpha value is -2.71. The topological polar surface area (TPSA) is 82.1 Å². The van der Waals surface area contributed by atoms with Crippen LogP contribution < -0.4 is 15.0 Å². The van der Waals surface area contributed by atoms with E-state index < -0.39 is 27.3 Å². The molecular formula is C34H51N3O4S. The molecule has 2 aromatic rings. The second kappa shape index (κ2) is 14.6. The molecule has 0 aromatic heterocycles. The lowest BCUT2D eigenvalue weighted by Crippen LogP contribution is -2.43. The zero-order valence-electron chi connectivity index (χ0n) is 26.0. The van der Waals surface area contributed by atoms with E-state index in [-0.39, 0.29) is 5.75 Å². The standard InChI is InChI=1S/C34H51N3O4S/c1-5-7-17-34(18-8-6-2)26-42(39,40)31-16-13-28(36(3)4)25-30(31)32(33(34)38)27-11-14-29(15-12-27)41-24-10-9-21-37-22-19-35-20-23-37/h11-16,19,22,25,32-33,35,38H,5-10,17-18,20-21,23-24,26H2,1-4H3/t32-,33-/m1/s1. The van der Waals surface area contributed by atoms with Crippen molar-refractivity contribution in [2.24, 2.45) is 5.41 Å². The highest BCUT2D eigenvalue weighted by Crippen LogP contribution is 2.50. The van der Waals surface area contributed by atoms with E-state index in [1.54, 1.807) is 6.07 Å². The quantitative estimate of drug-likeness (QED) is 0.261. The molecule has 0 spiro atoms. The largest absolute Gasteiger partial charge is 0.494 e. The first kappa shape index (κ1) is 32.2. The second-order valence-electron chi connectivity index (χ2n) is 12.3. The van der Waals surface area contributed by atoms with Crippen LogP contribution in [0.15, 0.2) is 59.8 Å². The van der Waals surface area contributed by atoms with Gasteiger partial charge < -0.3 is 25.0 Å². The minimum atomic E-state index is -3.61. The molecule has 2 aromatic carbocycles. The number of hydrogen-bond acceptors (Lipinski definition) is 7. The average molecular weight is 598 g/mol. The summed E-state index contributed by atoms with van der Waals surface area (Å²) >= 11 is 0. The Labute approximate surface area is 253 Å². The van der Waals surface area contributed by atoms with E-state index >= 15 is 0 Å². The summed E-state index contributed by atoms with van der Waals surface area (Å²) in [5.74, 6) is 0.325. The second-order valence-corrected chi connectivity index (χ2v) is 14.3. The average Bonchev–Trinajstić information content (AvgIpc) is 3.06. The molecule has 232 valence electrons. The van der Waals surface area contributed by atoms with Crippen LogP contribution in [0.5, 0.6) is 5.75 Å². The number of aliphatic hydroxyl groups is 1. The van der Waals surface area contributed by atoms with E-state index in [4.69, 9.17) is 4.74 Å². The Morgan fingerprint density at radius 3 is 2.36 bits per heavy atom. The van der Waals surface area contributed by atoms with Crippen molar-refractivity contribution in [1.29, 1.82) is 0 Å². The smallest absolute Gasteiger partial charge is 0.179 e. The molecule has 0 fully saturated rings. The van der Waals surface area contributed by atoms with Crippen LogP contribution in [-0.2, 0) is 9.84 Å². The molecule has 42 heavy (non-hydrogen) atoms. The summed E-state index contributed by atoms with van der Waals surface area (Å²) < 4.78 is 34.1. The van der Waals surface area contributed by atoms with Crippen LogP contribution in [0.3, 0.4) is 0 Å². The van der Waals surface area contributed by atoms with Gasteiger partial charge in [-0.3, -0.25) is 0 Å². The number of benzene rings is 2. The lowest BCUT2D eigenvalue weighted by molar-refractivity contribution is 0.0127. The summed E-state index contributed by atoms with van der Waals surface area (Å²) in [4.78, 5) is 4.66. The van der Waals surface area contributed by atoms with Crippen LogP contribution in [0.2, 0.25) is 0 Å². The Balaban J connectivity index is 1.62. The minimum absolute atomic E-state index is 0.0170. The number of hydrogen-bond donors (Lipinski definition) is 2. The third-order valence-corrected chi connectivity index (χ3v) is 10.9. The lowest BCUT2D eigenvalue weighted by atomic mass is 9.68. The molecule has 2 heterocycles. The lowest BCUT2D eigenvalue weighted by Gasteiger charge is -2.40. The highest BCUT2D eigenvalue weighted by molar-refractivity contribution is 7.91. The van der Waals surface area contributed by atoms with Crippen molar-refractivity contribution in [3.8, 4) is 5.75 Å². The number of rotatable bonds is 14. The van der Waals surface area contributed by atoms with Crippen molar-refractivity contribution in [2.45, 2.75) is 82.1 Å². The molecule has 0 amide bonds. The number of nitrogens with one attached hydrogen (secondary N) is 1. The molecule has 2 atom stereocenters. The van der Waals surface area contributed by atoms with Crippen molar-refractivity contribution in [2.75, 3.05) is 51.0 Å². The van der Waals surface area contributed by atoms with Crippen LogP contribution in [0.4, 0.5) is 5.69 Å². The van der Waals surface area contributed by atoms with Crippen LogP contribution in [-0.4, -0.2) is 70.6 Å². The number of nitrogens with zero attached hydrogens (tertiary/aromatic N) is 2. The molecule has 2 N–H and O–H groups in total. The predicted molar refractivity (Wildman–Crippen MR) is 172 cm³/mol. The van der Waals surface area contributed by atoms with Gasteiger partial charge in [0.2, 0.25) is 0 Å². The molecule has 0 aliphatic carbocycles. The Bertz CT molecular complexity index is 1270. The summed E-state index contributed by atoms with van der Waals surface area (Å²) in [6.45, 7) is 7.94. The van der Waals surface area contributed by atoms with E-state index in [1.165, 1.54) is 0 Å². The predicted octanol–water partition coefficient (Wildman–Crippen LogP) is 5.93. The van der Waals surface area contributed by atoms with Crippen molar-refractivity contribution in [1.82, 2.24) is 10.2 Å². The van der Waals surface area contributed by atoms with Gasteiger partial charge in [0.05, 0.1) is 23.4 Å². The van der Waals surface area contributed by atoms with E-state index in [0.717, 1.165) is 75.2 Å². The van der Waals surface area contributed by atoms with Gasteiger partial charge in [-0.1, -0.05) is 51.7 Å². The number of anilines is 1. The van der Waals surface area contributed by atoms with Crippen LogP contribution in [0.25, 0.3) is 0 Å². The fraction of sp³-hybridized carbons (Fsp3) is 0.588. The first-order valence-electron chi connectivity index (χ1n) is 15.8. The molecule has 7 nitrogen and oxygen atoms in total. The fourth-order valence-electron chi connectivity index (χ4n) is 6.48. The Kier molecular flexibility index (Phi) is 11.2. The van der Waals surface area contributed by atoms with Gasteiger partial charge in [-0.05, 0) is 67.1 Å². The van der Waals surface area contributed by atoms with Gasteiger partial charge in [0.25, 0.3) is 0 Å². The fourth-order valence-corrected chi connectivity index (χ4v) is 8.67. The molecule has 2 aliphatic rings. The van der Waals surface area contributed by atoms with E-state index in [9.17, 15) is 13.5 Å². The van der Waals surface area contributed by atoms with Gasteiger partial charge in [-0.15, -0.1) is 0 Å². The maximum Gasteiger partial charge on any atom is 0.179 e. The number of sulfone groups is 1. The van der Waals surface area contributed by atoms with Gasteiger partial charge in [0.15, 0.2) is 9.84 Å². The molecule has 8 heteroatoms. The van der Waals surface area contributed by atoms with Crippen molar-refractivity contribution in [3.05, 3.63) is 66.0 Å². The molecular weight excluding hydrogens is 546 g/mol. The molecule has 0 radical (unpaired) electrons. The van der Waals surface area contributed by atoms with E-state index in [1.807, 2.05) is 61.6 Å². The van der Waals surface area contributed by atoms with E-state index in [0.29, 0.717) is 29.9 Å². The molecule has 0 saturated carbocycles. The minimum Gasteiger partial charge on any atom is -0.494 e. The highest BCUT2D eigenvalue weighted by Gasteiger charge is 2.49. The number of fused-ring (bicyclic) bond motifs is 1. The zero-order chi connectivity index (χ0) is 30.2. The Morgan fingerprint density at radius 2 is 1.74 bits per heavy atom. The van der Waals surface area contributed by atoms with Crippen LogP contribution >= 0.6 is 0 Å². The molecule has 0 bridgehead atoms. The van der Waals surface area contributed by atoms with E-state index in [2.05, 4.69) is 30.3 Å². The first-order valence-corrected chi connectivity index (χ1v) is 17.4. The van der Waals surface area contributed by atoms with Crippen molar-refractivity contribution < 1.29 is 18.3 Å². The summed E-state index contributed by atoms with van der Waals surface area (Å²) in [7, 11) is 0.301. The molecule has 4 rings (SSSR count).